The van der Waals surface area contributed by atoms with Crippen LogP contribution >= 0.6 is 0 Å². The lowest BCUT2D eigenvalue weighted by molar-refractivity contribution is -0.00550. The minimum absolute atomic E-state index is 0.0317. The monoisotopic (exact) mass is 287 g/mol. The molecule has 0 bridgehead atoms. The number of rotatable bonds is 2. The standard InChI is InChI=1S/C15H17N3O3/c1-10-7-17(8-11(2)21-10)14-12(9-19)15(20)18-6-4-3-5-13(18)16-14/h3-6,9-11H,7-8H2,1-2H3/t10-,11-/m0/s1. The van der Waals surface area contributed by atoms with Gasteiger partial charge in [-0.3, -0.25) is 14.0 Å². The molecule has 1 saturated heterocycles. The van der Waals surface area contributed by atoms with Gasteiger partial charge in [0.2, 0.25) is 0 Å². The first-order valence-corrected chi connectivity index (χ1v) is 6.97. The van der Waals surface area contributed by atoms with Crippen molar-refractivity contribution in [3.8, 4) is 0 Å². The van der Waals surface area contributed by atoms with Crippen molar-refractivity contribution in [3.05, 3.63) is 40.3 Å². The summed E-state index contributed by atoms with van der Waals surface area (Å²) < 4.78 is 7.08. The van der Waals surface area contributed by atoms with Gasteiger partial charge in [-0.1, -0.05) is 6.07 Å². The summed E-state index contributed by atoms with van der Waals surface area (Å²) in [5.41, 5.74) is 0.298. The van der Waals surface area contributed by atoms with Gasteiger partial charge in [-0.2, -0.15) is 0 Å². The highest BCUT2D eigenvalue weighted by atomic mass is 16.5. The van der Waals surface area contributed by atoms with E-state index >= 15 is 0 Å². The van der Waals surface area contributed by atoms with Gasteiger partial charge in [-0.15, -0.1) is 0 Å². The Kier molecular flexibility index (Phi) is 3.47. The number of nitrogens with zero attached hydrogens (tertiary/aromatic N) is 3. The minimum atomic E-state index is -0.336. The van der Waals surface area contributed by atoms with Crippen molar-refractivity contribution < 1.29 is 9.53 Å². The molecule has 0 unspecified atom stereocenters. The van der Waals surface area contributed by atoms with Crippen LogP contribution in [-0.2, 0) is 4.74 Å². The average molecular weight is 287 g/mol. The van der Waals surface area contributed by atoms with E-state index in [9.17, 15) is 9.59 Å². The zero-order chi connectivity index (χ0) is 15.0. The number of aldehydes is 1. The summed E-state index contributed by atoms with van der Waals surface area (Å²) in [5.74, 6) is 0.447. The summed E-state index contributed by atoms with van der Waals surface area (Å²) in [7, 11) is 0. The van der Waals surface area contributed by atoms with Gasteiger partial charge in [-0.25, -0.2) is 4.98 Å². The van der Waals surface area contributed by atoms with E-state index in [-0.39, 0.29) is 23.3 Å². The highest BCUT2D eigenvalue weighted by molar-refractivity contribution is 5.83. The molecule has 0 radical (unpaired) electrons. The number of morpholine rings is 1. The quantitative estimate of drug-likeness (QED) is 0.775. The Bertz CT molecular complexity index is 731. The molecule has 6 heteroatoms. The summed E-state index contributed by atoms with van der Waals surface area (Å²) in [6.07, 6.45) is 2.27. The zero-order valence-corrected chi connectivity index (χ0v) is 12.0. The van der Waals surface area contributed by atoms with E-state index in [1.54, 1.807) is 18.3 Å². The topological polar surface area (TPSA) is 63.9 Å². The Labute approximate surface area is 122 Å². The fourth-order valence-corrected chi connectivity index (χ4v) is 2.79. The second-order valence-corrected chi connectivity index (χ2v) is 5.36. The summed E-state index contributed by atoms with van der Waals surface area (Å²) in [4.78, 5) is 30.3. The summed E-state index contributed by atoms with van der Waals surface area (Å²) in [6, 6.07) is 5.31. The number of ether oxygens (including phenoxy) is 1. The van der Waals surface area contributed by atoms with Crippen LogP contribution in [0.3, 0.4) is 0 Å². The molecule has 1 aliphatic rings. The molecule has 1 aliphatic heterocycles. The number of carbonyl (C=O) groups is 1. The van der Waals surface area contributed by atoms with Crippen LogP contribution in [0.25, 0.3) is 5.65 Å². The average Bonchev–Trinajstić information content (AvgIpc) is 2.46. The van der Waals surface area contributed by atoms with Crippen molar-refractivity contribution >= 4 is 17.8 Å². The Morgan fingerprint density at radius 2 is 2.00 bits per heavy atom. The van der Waals surface area contributed by atoms with Gasteiger partial charge in [0.15, 0.2) is 6.29 Å². The van der Waals surface area contributed by atoms with E-state index in [4.69, 9.17) is 4.74 Å². The van der Waals surface area contributed by atoms with Gasteiger partial charge in [0.05, 0.1) is 12.2 Å². The third-order valence-electron chi connectivity index (χ3n) is 3.59. The lowest BCUT2D eigenvalue weighted by Crippen LogP contribution is -2.47. The lowest BCUT2D eigenvalue weighted by atomic mass is 10.2. The first kappa shape index (κ1) is 13.8. The number of hydrogen-bond acceptors (Lipinski definition) is 5. The molecule has 3 heterocycles. The summed E-state index contributed by atoms with van der Waals surface area (Å²) >= 11 is 0. The molecule has 2 aromatic heterocycles. The molecule has 2 aromatic rings. The van der Waals surface area contributed by atoms with Crippen LogP contribution in [0.4, 0.5) is 5.82 Å². The molecule has 0 aliphatic carbocycles. The maximum absolute atomic E-state index is 12.4. The second-order valence-electron chi connectivity index (χ2n) is 5.36. The van der Waals surface area contributed by atoms with Crippen molar-refractivity contribution in [2.45, 2.75) is 26.1 Å². The fraction of sp³-hybridized carbons (Fsp3) is 0.400. The predicted molar refractivity (Wildman–Crippen MR) is 79.1 cm³/mol. The summed E-state index contributed by atoms with van der Waals surface area (Å²) in [5, 5.41) is 0. The molecule has 1 fully saturated rings. The van der Waals surface area contributed by atoms with Crippen molar-refractivity contribution in [2.75, 3.05) is 18.0 Å². The number of aromatic nitrogens is 2. The molecule has 0 aromatic carbocycles. The number of fused-ring (bicyclic) bond motifs is 1. The molecule has 0 saturated carbocycles. The highest BCUT2D eigenvalue weighted by Gasteiger charge is 2.26. The normalized spacial score (nSPS) is 22.5. The number of anilines is 1. The molecule has 21 heavy (non-hydrogen) atoms. The van der Waals surface area contributed by atoms with E-state index in [1.165, 1.54) is 4.40 Å². The maximum atomic E-state index is 12.4. The van der Waals surface area contributed by atoms with E-state index in [1.807, 2.05) is 24.8 Å². The molecular formula is C15H17N3O3. The van der Waals surface area contributed by atoms with Crippen LogP contribution < -0.4 is 10.5 Å². The van der Waals surface area contributed by atoms with Gasteiger partial charge < -0.3 is 9.64 Å². The van der Waals surface area contributed by atoms with E-state index in [0.717, 1.165) is 0 Å². The second kappa shape index (κ2) is 5.29. The molecule has 0 N–H and O–H groups in total. The summed E-state index contributed by atoms with van der Waals surface area (Å²) in [6.45, 7) is 5.16. The number of pyridine rings is 1. The SMILES string of the molecule is C[C@H]1CN(c2nc3ccccn3c(=O)c2C=O)C[C@H](C)O1. The van der Waals surface area contributed by atoms with Gasteiger partial charge >= 0.3 is 0 Å². The van der Waals surface area contributed by atoms with Crippen molar-refractivity contribution in [3.63, 3.8) is 0 Å². The van der Waals surface area contributed by atoms with Crippen molar-refractivity contribution in [2.24, 2.45) is 0 Å². The largest absolute Gasteiger partial charge is 0.372 e. The van der Waals surface area contributed by atoms with E-state index < -0.39 is 0 Å². The van der Waals surface area contributed by atoms with Gasteiger partial charge in [-0.05, 0) is 26.0 Å². The van der Waals surface area contributed by atoms with Crippen LogP contribution in [0.2, 0.25) is 0 Å². The molecule has 3 rings (SSSR count). The smallest absolute Gasteiger partial charge is 0.270 e. The van der Waals surface area contributed by atoms with Crippen LogP contribution in [0.1, 0.15) is 24.2 Å². The maximum Gasteiger partial charge on any atom is 0.270 e. The van der Waals surface area contributed by atoms with Crippen molar-refractivity contribution in [1.82, 2.24) is 9.38 Å². The third kappa shape index (κ3) is 2.42. The van der Waals surface area contributed by atoms with Crippen LogP contribution in [0.5, 0.6) is 0 Å². The van der Waals surface area contributed by atoms with Gasteiger partial charge in [0, 0.05) is 19.3 Å². The van der Waals surface area contributed by atoms with E-state index in [0.29, 0.717) is 30.8 Å². The number of hydrogen-bond donors (Lipinski definition) is 0. The molecule has 110 valence electrons. The van der Waals surface area contributed by atoms with E-state index in [2.05, 4.69) is 4.98 Å². The molecule has 0 amide bonds. The number of carbonyl (C=O) groups excluding carboxylic acids is 1. The fourth-order valence-electron chi connectivity index (χ4n) is 2.79. The van der Waals surface area contributed by atoms with Gasteiger partial charge in [0.25, 0.3) is 5.56 Å². The van der Waals surface area contributed by atoms with Crippen LogP contribution in [0, 0.1) is 0 Å². The highest BCUT2D eigenvalue weighted by Crippen LogP contribution is 2.20. The first-order chi connectivity index (χ1) is 10.1. The lowest BCUT2D eigenvalue weighted by Gasteiger charge is -2.36. The van der Waals surface area contributed by atoms with Crippen LogP contribution in [0.15, 0.2) is 29.2 Å². The molecular weight excluding hydrogens is 270 g/mol. The Hall–Kier alpha value is -2.21. The Balaban J connectivity index is 2.17. The molecule has 6 nitrogen and oxygen atoms in total. The minimum Gasteiger partial charge on any atom is -0.372 e. The third-order valence-corrected chi connectivity index (χ3v) is 3.59. The zero-order valence-electron chi connectivity index (χ0n) is 12.0. The van der Waals surface area contributed by atoms with Crippen molar-refractivity contribution in [1.29, 1.82) is 0 Å². The van der Waals surface area contributed by atoms with Crippen LogP contribution in [-0.4, -0.2) is 41.0 Å². The molecule has 2 atom stereocenters. The predicted octanol–water partition coefficient (Wildman–Crippen LogP) is 1.12. The first-order valence-electron chi connectivity index (χ1n) is 6.97. The Morgan fingerprint density at radius 3 is 2.67 bits per heavy atom. The van der Waals surface area contributed by atoms with Gasteiger partial charge in [0.1, 0.15) is 17.0 Å². The Morgan fingerprint density at radius 1 is 1.29 bits per heavy atom. The molecule has 0 spiro atoms.